The normalized spacial score (nSPS) is 20.6. The summed E-state index contributed by atoms with van der Waals surface area (Å²) < 4.78 is 0. The maximum atomic E-state index is 4.27. The Morgan fingerprint density at radius 2 is 1.87 bits per heavy atom. The summed E-state index contributed by atoms with van der Waals surface area (Å²) in [7, 11) is 0. The standard InChI is InChI=1S/C12H15N3/c1-9-13-6-11(7-14-9)12-8-15-4-2-10(12)3-5-15/h6-8,10H,2-5H2,1H3. The second kappa shape index (κ2) is 3.33. The summed E-state index contributed by atoms with van der Waals surface area (Å²) in [6, 6.07) is 0. The summed E-state index contributed by atoms with van der Waals surface area (Å²) in [6.07, 6.45) is 8.79. The topological polar surface area (TPSA) is 29.0 Å². The molecule has 1 aromatic rings. The van der Waals surface area contributed by atoms with Gasteiger partial charge in [0.05, 0.1) is 0 Å². The molecule has 0 radical (unpaired) electrons. The van der Waals surface area contributed by atoms with E-state index in [0.717, 1.165) is 11.7 Å². The van der Waals surface area contributed by atoms with Crippen molar-refractivity contribution in [1.29, 1.82) is 0 Å². The van der Waals surface area contributed by atoms with Crippen molar-refractivity contribution in [2.75, 3.05) is 13.1 Å². The van der Waals surface area contributed by atoms with E-state index in [1.807, 2.05) is 19.3 Å². The van der Waals surface area contributed by atoms with E-state index in [1.54, 1.807) is 0 Å². The van der Waals surface area contributed by atoms with Crippen molar-refractivity contribution in [3.8, 4) is 0 Å². The number of aromatic nitrogens is 2. The van der Waals surface area contributed by atoms with E-state index in [1.165, 1.54) is 37.1 Å². The molecule has 78 valence electrons. The van der Waals surface area contributed by atoms with Crippen LogP contribution in [0, 0.1) is 12.8 Å². The van der Waals surface area contributed by atoms with Gasteiger partial charge in [0.15, 0.2) is 0 Å². The Morgan fingerprint density at radius 1 is 1.20 bits per heavy atom. The van der Waals surface area contributed by atoms with Gasteiger partial charge in [-0.2, -0.15) is 0 Å². The molecular weight excluding hydrogens is 186 g/mol. The van der Waals surface area contributed by atoms with Crippen LogP contribution in [-0.4, -0.2) is 28.0 Å². The molecule has 0 atom stereocenters. The minimum Gasteiger partial charge on any atom is -0.377 e. The van der Waals surface area contributed by atoms with Crippen molar-refractivity contribution in [1.82, 2.24) is 14.9 Å². The summed E-state index contributed by atoms with van der Waals surface area (Å²) in [5.74, 6) is 1.59. The predicted octanol–water partition coefficient (Wildman–Crippen LogP) is 1.85. The highest BCUT2D eigenvalue weighted by Crippen LogP contribution is 2.36. The van der Waals surface area contributed by atoms with Gasteiger partial charge in [0.1, 0.15) is 5.82 Å². The van der Waals surface area contributed by atoms with Gasteiger partial charge in [-0.05, 0) is 31.3 Å². The quantitative estimate of drug-likeness (QED) is 0.694. The number of rotatable bonds is 1. The maximum absolute atomic E-state index is 4.27. The van der Waals surface area contributed by atoms with Crippen LogP contribution in [0.5, 0.6) is 0 Å². The molecule has 0 saturated carbocycles. The Bertz CT molecular complexity index is 386. The molecule has 4 rings (SSSR count). The molecule has 0 spiro atoms. The van der Waals surface area contributed by atoms with Crippen molar-refractivity contribution >= 4 is 5.57 Å². The summed E-state index contributed by atoms with van der Waals surface area (Å²) in [6.45, 7) is 4.37. The Hall–Kier alpha value is -1.38. The summed E-state index contributed by atoms with van der Waals surface area (Å²) >= 11 is 0. The number of piperidine rings is 1. The summed E-state index contributed by atoms with van der Waals surface area (Å²) in [5.41, 5.74) is 2.64. The molecular formula is C12H15N3. The van der Waals surface area contributed by atoms with E-state index < -0.39 is 0 Å². The highest BCUT2D eigenvalue weighted by molar-refractivity contribution is 5.67. The molecule has 1 aromatic heterocycles. The van der Waals surface area contributed by atoms with Crippen LogP contribution in [0.15, 0.2) is 18.6 Å². The van der Waals surface area contributed by atoms with E-state index in [9.17, 15) is 0 Å². The number of hydrogen-bond acceptors (Lipinski definition) is 3. The number of nitrogens with zero attached hydrogens (tertiary/aromatic N) is 3. The van der Waals surface area contributed by atoms with Crippen molar-refractivity contribution in [3.63, 3.8) is 0 Å². The van der Waals surface area contributed by atoms with Gasteiger partial charge < -0.3 is 4.90 Å². The Labute approximate surface area is 89.8 Å². The molecule has 2 bridgehead atoms. The molecule has 3 aliphatic heterocycles. The third-order valence-corrected chi connectivity index (χ3v) is 3.41. The first kappa shape index (κ1) is 8.89. The molecule has 1 fully saturated rings. The zero-order valence-electron chi connectivity index (χ0n) is 8.98. The Kier molecular flexibility index (Phi) is 1.97. The molecule has 3 aliphatic rings. The molecule has 15 heavy (non-hydrogen) atoms. The predicted molar refractivity (Wildman–Crippen MR) is 59.0 cm³/mol. The monoisotopic (exact) mass is 201 g/mol. The average Bonchev–Trinajstić information content (AvgIpc) is 2.31. The van der Waals surface area contributed by atoms with Gasteiger partial charge in [-0.3, -0.25) is 0 Å². The highest BCUT2D eigenvalue weighted by atomic mass is 15.1. The molecule has 0 N–H and O–H groups in total. The van der Waals surface area contributed by atoms with Crippen molar-refractivity contribution in [3.05, 3.63) is 30.0 Å². The first-order valence-electron chi connectivity index (χ1n) is 5.58. The third kappa shape index (κ3) is 1.52. The van der Waals surface area contributed by atoms with Crippen LogP contribution < -0.4 is 0 Å². The minimum absolute atomic E-state index is 0.737. The minimum atomic E-state index is 0.737. The average molecular weight is 201 g/mol. The Morgan fingerprint density at radius 3 is 2.40 bits per heavy atom. The lowest BCUT2D eigenvalue weighted by molar-refractivity contribution is 0.252. The second-order valence-corrected chi connectivity index (χ2v) is 4.41. The molecule has 0 aliphatic carbocycles. The third-order valence-electron chi connectivity index (χ3n) is 3.41. The van der Waals surface area contributed by atoms with Gasteiger partial charge in [0, 0.05) is 37.2 Å². The van der Waals surface area contributed by atoms with Crippen LogP contribution in [0.25, 0.3) is 5.57 Å². The van der Waals surface area contributed by atoms with Gasteiger partial charge in [-0.1, -0.05) is 0 Å². The molecule has 4 heterocycles. The second-order valence-electron chi connectivity index (χ2n) is 4.41. The molecule has 1 saturated heterocycles. The number of fused-ring (bicyclic) bond motifs is 2. The summed E-state index contributed by atoms with van der Waals surface area (Å²) in [5, 5.41) is 0. The van der Waals surface area contributed by atoms with E-state index in [0.29, 0.717) is 0 Å². The zero-order valence-corrected chi connectivity index (χ0v) is 8.98. The number of hydrogen-bond donors (Lipinski definition) is 0. The number of allylic oxidation sites excluding steroid dienone is 1. The van der Waals surface area contributed by atoms with E-state index in [4.69, 9.17) is 0 Å². The van der Waals surface area contributed by atoms with Gasteiger partial charge >= 0.3 is 0 Å². The van der Waals surface area contributed by atoms with E-state index in [2.05, 4.69) is 21.1 Å². The zero-order chi connectivity index (χ0) is 10.3. The van der Waals surface area contributed by atoms with Gasteiger partial charge in [0.2, 0.25) is 0 Å². The fraction of sp³-hybridized carbons (Fsp3) is 0.500. The van der Waals surface area contributed by atoms with Gasteiger partial charge in [-0.15, -0.1) is 0 Å². The van der Waals surface area contributed by atoms with Crippen LogP contribution in [0.2, 0.25) is 0 Å². The van der Waals surface area contributed by atoms with Crippen LogP contribution >= 0.6 is 0 Å². The summed E-state index contributed by atoms with van der Waals surface area (Å²) in [4.78, 5) is 10.9. The highest BCUT2D eigenvalue weighted by Gasteiger charge is 2.27. The SMILES string of the molecule is Cc1ncc(C2=CN3CCC2CC3)cn1. The van der Waals surface area contributed by atoms with E-state index in [-0.39, 0.29) is 0 Å². The fourth-order valence-electron chi connectivity index (χ4n) is 2.49. The Balaban J connectivity index is 1.97. The van der Waals surface area contributed by atoms with Crippen LogP contribution in [0.3, 0.4) is 0 Å². The van der Waals surface area contributed by atoms with Crippen molar-refractivity contribution < 1.29 is 0 Å². The molecule has 3 heteroatoms. The molecule has 3 nitrogen and oxygen atoms in total. The first-order chi connectivity index (χ1) is 7.33. The van der Waals surface area contributed by atoms with Crippen molar-refractivity contribution in [2.24, 2.45) is 5.92 Å². The van der Waals surface area contributed by atoms with Gasteiger partial charge in [0.25, 0.3) is 0 Å². The molecule has 0 unspecified atom stereocenters. The smallest absolute Gasteiger partial charge is 0.125 e. The van der Waals surface area contributed by atoms with Crippen molar-refractivity contribution in [2.45, 2.75) is 19.8 Å². The largest absolute Gasteiger partial charge is 0.377 e. The van der Waals surface area contributed by atoms with Crippen LogP contribution in [0.4, 0.5) is 0 Å². The lowest BCUT2D eigenvalue weighted by atomic mass is 9.83. The first-order valence-corrected chi connectivity index (χ1v) is 5.58. The molecule has 0 aromatic carbocycles. The van der Waals surface area contributed by atoms with Crippen LogP contribution in [-0.2, 0) is 0 Å². The maximum Gasteiger partial charge on any atom is 0.125 e. The lowest BCUT2D eigenvalue weighted by Gasteiger charge is -2.39. The fourth-order valence-corrected chi connectivity index (χ4v) is 2.49. The van der Waals surface area contributed by atoms with Crippen LogP contribution in [0.1, 0.15) is 24.2 Å². The number of aryl methyl sites for hydroxylation is 1. The lowest BCUT2D eigenvalue weighted by Crippen LogP contribution is -2.35. The molecule has 0 amide bonds. The van der Waals surface area contributed by atoms with E-state index >= 15 is 0 Å². The van der Waals surface area contributed by atoms with Gasteiger partial charge in [-0.25, -0.2) is 9.97 Å².